The van der Waals surface area contributed by atoms with Crippen molar-refractivity contribution in [2.75, 3.05) is 25.5 Å². The summed E-state index contributed by atoms with van der Waals surface area (Å²) in [5.74, 6) is -0.719. The van der Waals surface area contributed by atoms with Gasteiger partial charge in [0.15, 0.2) is 6.61 Å². The zero-order valence-electron chi connectivity index (χ0n) is 13.9. The van der Waals surface area contributed by atoms with E-state index in [0.717, 1.165) is 17.0 Å². The lowest BCUT2D eigenvalue weighted by molar-refractivity contribution is -0.137. The van der Waals surface area contributed by atoms with Crippen LogP contribution in [0.25, 0.3) is 0 Å². The Labute approximate surface area is 148 Å². The molecule has 0 atom stereocenters. The molecule has 0 radical (unpaired) electrons. The summed E-state index contributed by atoms with van der Waals surface area (Å²) in [4.78, 5) is 25.0. The van der Waals surface area contributed by atoms with Gasteiger partial charge in [0.1, 0.15) is 5.75 Å². The molecule has 0 spiro atoms. The molecule has 0 bridgehead atoms. The molecule has 8 heteroatoms. The van der Waals surface area contributed by atoms with Crippen LogP contribution >= 0.6 is 0 Å². The maximum atomic E-state index is 12.9. The number of hydrogen-bond acceptors (Lipinski definition) is 3. The SMILES string of the molecule is CN(CC(=O)Nc1ccccc1C(F)(F)F)C(=O)COc1ccccc1. The summed E-state index contributed by atoms with van der Waals surface area (Å²) in [6, 6.07) is 13.3. The number of para-hydroxylation sites is 2. The summed E-state index contributed by atoms with van der Waals surface area (Å²) < 4.78 is 44.0. The Morgan fingerprint density at radius 3 is 2.31 bits per heavy atom. The van der Waals surface area contributed by atoms with Gasteiger partial charge in [-0.05, 0) is 24.3 Å². The highest BCUT2D eigenvalue weighted by Crippen LogP contribution is 2.34. The van der Waals surface area contributed by atoms with Crippen molar-refractivity contribution in [1.82, 2.24) is 4.90 Å². The molecule has 1 N–H and O–H groups in total. The molecule has 0 aliphatic carbocycles. The molecule has 0 saturated carbocycles. The Bertz CT molecular complexity index is 764. The average Bonchev–Trinajstić information content (AvgIpc) is 2.60. The number of amides is 2. The molecule has 26 heavy (non-hydrogen) atoms. The Hall–Kier alpha value is -3.03. The zero-order chi connectivity index (χ0) is 19.2. The van der Waals surface area contributed by atoms with Crippen LogP contribution in [0.5, 0.6) is 5.75 Å². The fraction of sp³-hybridized carbons (Fsp3) is 0.222. The van der Waals surface area contributed by atoms with E-state index in [4.69, 9.17) is 4.74 Å². The molecule has 0 saturated heterocycles. The fourth-order valence-electron chi connectivity index (χ4n) is 2.10. The molecule has 0 heterocycles. The van der Waals surface area contributed by atoms with E-state index in [0.29, 0.717) is 5.75 Å². The lowest BCUT2D eigenvalue weighted by Crippen LogP contribution is -2.37. The first kappa shape index (κ1) is 19.3. The van der Waals surface area contributed by atoms with Crippen molar-refractivity contribution in [2.24, 2.45) is 0 Å². The summed E-state index contributed by atoms with van der Waals surface area (Å²) in [6.45, 7) is -0.684. The average molecular weight is 366 g/mol. The van der Waals surface area contributed by atoms with Crippen LogP contribution < -0.4 is 10.1 Å². The van der Waals surface area contributed by atoms with E-state index in [-0.39, 0.29) is 12.3 Å². The van der Waals surface area contributed by atoms with Gasteiger partial charge < -0.3 is 15.0 Å². The molecule has 2 aromatic carbocycles. The summed E-state index contributed by atoms with van der Waals surface area (Å²) in [6.07, 6.45) is -4.59. The maximum Gasteiger partial charge on any atom is 0.418 e. The van der Waals surface area contributed by atoms with Gasteiger partial charge in [-0.2, -0.15) is 13.2 Å². The number of carbonyl (C=O) groups excluding carboxylic acids is 2. The number of carbonyl (C=O) groups is 2. The van der Waals surface area contributed by atoms with E-state index in [9.17, 15) is 22.8 Å². The molecule has 5 nitrogen and oxygen atoms in total. The summed E-state index contributed by atoms with van der Waals surface area (Å²) in [5.41, 5.74) is -1.30. The first-order valence-corrected chi connectivity index (χ1v) is 7.65. The van der Waals surface area contributed by atoms with Gasteiger partial charge in [-0.25, -0.2) is 0 Å². The van der Waals surface area contributed by atoms with Gasteiger partial charge in [0.2, 0.25) is 5.91 Å². The van der Waals surface area contributed by atoms with Gasteiger partial charge in [-0.3, -0.25) is 9.59 Å². The van der Waals surface area contributed by atoms with Gasteiger partial charge in [-0.15, -0.1) is 0 Å². The minimum absolute atomic E-state index is 0.285. The van der Waals surface area contributed by atoms with E-state index < -0.39 is 30.1 Å². The van der Waals surface area contributed by atoms with Crippen molar-refractivity contribution in [3.63, 3.8) is 0 Å². The van der Waals surface area contributed by atoms with Gasteiger partial charge in [0.25, 0.3) is 5.91 Å². The summed E-state index contributed by atoms with van der Waals surface area (Å²) >= 11 is 0. The molecule has 0 aromatic heterocycles. The van der Waals surface area contributed by atoms with Crippen molar-refractivity contribution in [2.45, 2.75) is 6.18 Å². The number of nitrogens with one attached hydrogen (secondary N) is 1. The van der Waals surface area contributed by atoms with Crippen molar-refractivity contribution in [3.8, 4) is 5.75 Å². The monoisotopic (exact) mass is 366 g/mol. The summed E-state index contributed by atoms with van der Waals surface area (Å²) in [5, 5.41) is 2.18. The molecule has 2 rings (SSSR count). The molecule has 0 unspecified atom stereocenters. The van der Waals surface area contributed by atoms with Crippen LogP contribution in [0.15, 0.2) is 54.6 Å². The third-order valence-electron chi connectivity index (χ3n) is 3.42. The third-order valence-corrected chi connectivity index (χ3v) is 3.42. The smallest absolute Gasteiger partial charge is 0.418 e. The van der Waals surface area contributed by atoms with Crippen molar-refractivity contribution >= 4 is 17.5 Å². The minimum atomic E-state index is -4.59. The normalized spacial score (nSPS) is 10.9. The number of rotatable bonds is 6. The van der Waals surface area contributed by atoms with Crippen LogP contribution in [0.1, 0.15) is 5.56 Å². The second-order valence-corrected chi connectivity index (χ2v) is 5.44. The van der Waals surface area contributed by atoms with Crippen LogP contribution in [0, 0.1) is 0 Å². The molecule has 2 amide bonds. The molecule has 2 aromatic rings. The second kappa shape index (κ2) is 8.37. The van der Waals surface area contributed by atoms with Crippen molar-refractivity contribution in [3.05, 3.63) is 60.2 Å². The number of anilines is 1. The van der Waals surface area contributed by atoms with Crippen molar-refractivity contribution in [1.29, 1.82) is 0 Å². The zero-order valence-corrected chi connectivity index (χ0v) is 13.9. The lowest BCUT2D eigenvalue weighted by Gasteiger charge is -2.18. The number of likely N-dealkylation sites (N-methyl/N-ethyl adjacent to an activating group) is 1. The van der Waals surface area contributed by atoms with E-state index in [1.54, 1.807) is 30.3 Å². The van der Waals surface area contributed by atoms with Crippen molar-refractivity contribution < 1.29 is 27.5 Å². The van der Waals surface area contributed by atoms with Gasteiger partial charge >= 0.3 is 6.18 Å². The van der Waals surface area contributed by atoms with E-state index >= 15 is 0 Å². The fourth-order valence-corrected chi connectivity index (χ4v) is 2.10. The van der Waals surface area contributed by atoms with Gasteiger partial charge in [0.05, 0.1) is 17.8 Å². The number of alkyl halides is 3. The Morgan fingerprint density at radius 1 is 1.04 bits per heavy atom. The first-order valence-electron chi connectivity index (χ1n) is 7.65. The Morgan fingerprint density at radius 2 is 1.65 bits per heavy atom. The lowest BCUT2D eigenvalue weighted by atomic mass is 10.1. The highest BCUT2D eigenvalue weighted by Gasteiger charge is 2.33. The third kappa shape index (κ3) is 5.51. The van der Waals surface area contributed by atoms with Gasteiger partial charge in [-0.1, -0.05) is 30.3 Å². The maximum absolute atomic E-state index is 12.9. The highest BCUT2D eigenvalue weighted by molar-refractivity contribution is 5.95. The van der Waals surface area contributed by atoms with Crippen LogP contribution in [0.4, 0.5) is 18.9 Å². The molecule has 0 fully saturated rings. The molecular formula is C18H17F3N2O3. The standard InChI is InChI=1S/C18H17F3N2O3/c1-23(17(25)12-26-13-7-3-2-4-8-13)11-16(24)22-15-10-6-5-9-14(15)18(19,20)21/h2-10H,11-12H2,1H3,(H,22,24). The molecule has 0 aliphatic rings. The number of nitrogens with zero attached hydrogens (tertiary/aromatic N) is 1. The Balaban J connectivity index is 1.90. The van der Waals surface area contributed by atoms with E-state index in [1.165, 1.54) is 19.2 Å². The van der Waals surface area contributed by atoms with Gasteiger partial charge in [0, 0.05) is 7.05 Å². The number of halogens is 3. The number of hydrogen-bond donors (Lipinski definition) is 1. The number of benzene rings is 2. The second-order valence-electron chi connectivity index (χ2n) is 5.44. The van der Waals surface area contributed by atoms with E-state index in [1.807, 2.05) is 0 Å². The summed E-state index contributed by atoms with van der Waals surface area (Å²) in [7, 11) is 1.37. The van der Waals surface area contributed by atoms with Crippen LogP contribution in [-0.4, -0.2) is 36.9 Å². The Kier molecular flexibility index (Phi) is 6.21. The largest absolute Gasteiger partial charge is 0.484 e. The number of ether oxygens (including phenoxy) is 1. The first-order chi connectivity index (χ1) is 12.3. The highest BCUT2D eigenvalue weighted by atomic mass is 19.4. The van der Waals surface area contributed by atoms with E-state index in [2.05, 4.69) is 5.32 Å². The quantitative estimate of drug-likeness (QED) is 0.854. The minimum Gasteiger partial charge on any atom is -0.484 e. The molecule has 138 valence electrons. The van der Waals surface area contributed by atoms with Crippen LogP contribution in [0.2, 0.25) is 0 Å². The molecule has 0 aliphatic heterocycles. The molecular weight excluding hydrogens is 349 g/mol. The predicted octanol–water partition coefficient (Wildman–Crippen LogP) is 3.18. The topological polar surface area (TPSA) is 58.6 Å². The van der Waals surface area contributed by atoms with Crippen LogP contribution in [0.3, 0.4) is 0 Å². The van der Waals surface area contributed by atoms with Crippen LogP contribution in [-0.2, 0) is 15.8 Å². The predicted molar refractivity (Wildman–Crippen MR) is 89.6 cm³/mol.